The molecule has 0 fully saturated rings. The zero-order valence-electron chi connectivity index (χ0n) is 4.14. The lowest BCUT2D eigenvalue weighted by atomic mass is 10.9. The molecule has 3 heteroatoms. The molecule has 0 aliphatic rings. The smallest absolute Gasteiger partial charge is 0.0402 e. The molecule has 0 heterocycles. The Morgan fingerprint density at radius 3 is 1.50 bits per heavy atom. The number of halogens is 1. The Morgan fingerprint density at radius 2 is 1.50 bits per heavy atom. The average molecular weight is 158 g/mol. The van der Waals surface area contributed by atoms with Crippen LogP contribution in [-0.2, 0) is 0 Å². The number of nitrogens with two attached hydrogens (primary N) is 1. The normalized spacial score (nSPS) is 4.00. The molecule has 0 aromatic heterocycles. The number of aliphatic hydroxyl groups is 1. The van der Waals surface area contributed by atoms with Gasteiger partial charge in [0, 0.05) is 6.61 Å². The van der Waals surface area contributed by atoms with E-state index in [1.807, 2.05) is 0 Å². The van der Waals surface area contributed by atoms with Gasteiger partial charge in [0.2, 0.25) is 0 Å². The van der Waals surface area contributed by atoms with Gasteiger partial charge in [-0.1, -0.05) is 0 Å². The lowest BCUT2D eigenvalue weighted by Crippen LogP contribution is -1.69. The molecule has 0 atom stereocenters. The van der Waals surface area contributed by atoms with Gasteiger partial charge < -0.3 is 10.8 Å². The zero-order valence-corrected chi connectivity index (χ0v) is 5.85. The van der Waals surface area contributed by atoms with Gasteiger partial charge in [0.05, 0.1) is 0 Å². The van der Waals surface area contributed by atoms with Crippen molar-refractivity contribution < 1.29 is 5.11 Å². The van der Waals surface area contributed by atoms with Gasteiger partial charge in [-0.15, -0.1) is 17.0 Å². The van der Waals surface area contributed by atoms with E-state index >= 15 is 0 Å². The van der Waals surface area contributed by atoms with Gasteiger partial charge >= 0.3 is 0 Å². The molecule has 2 nitrogen and oxygen atoms in total. The fourth-order valence-electron chi connectivity index (χ4n) is 0. The maximum absolute atomic E-state index is 7.57. The summed E-state index contributed by atoms with van der Waals surface area (Å²) in [6.07, 6.45) is 0. The first-order valence-corrected chi connectivity index (χ1v) is 1.60. The highest BCUT2D eigenvalue weighted by Gasteiger charge is 1.34. The second-order valence-electron chi connectivity index (χ2n) is 0.316. The van der Waals surface area contributed by atoms with E-state index in [9.17, 15) is 0 Å². The fraction of sp³-hybridized carbons (Fsp3) is 1.00. The van der Waals surface area contributed by atoms with E-state index in [0.717, 1.165) is 0 Å². The van der Waals surface area contributed by atoms with E-state index in [-0.39, 0.29) is 23.6 Å². The van der Waals surface area contributed by atoms with E-state index in [4.69, 9.17) is 5.11 Å². The van der Waals surface area contributed by atoms with Gasteiger partial charge in [0.25, 0.3) is 0 Å². The summed E-state index contributed by atoms with van der Waals surface area (Å²) in [6.45, 7) is 1.93. The van der Waals surface area contributed by atoms with Gasteiger partial charge in [-0.3, -0.25) is 0 Å². The zero-order chi connectivity index (χ0) is 4.71. The van der Waals surface area contributed by atoms with Crippen LogP contribution in [0.4, 0.5) is 0 Å². The first kappa shape index (κ1) is 16.1. The Bertz CT molecular complexity index is 10.8. The first-order valence-electron chi connectivity index (χ1n) is 1.60. The number of hydrogen-bond acceptors (Lipinski definition) is 2. The molecule has 0 aliphatic carbocycles. The second kappa shape index (κ2) is 53.3. The Kier molecular flexibility index (Phi) is 144. The van der Waals surface area contributed by atoms with E-state index in [2.05, 4.69) is 5.73 Å². The summed E-state index contributed by atoms with van der Waals surface area (Å²) in [5, 5.41) is 7.57. The monoisotopic (exact) mass is 157 g/mol. The van der Waals surface area contributed by atoms with Crippen LogP contribution in [-0.4, -0.2) is 18.8 Å². The van der Waals surface area contributed by atoms with Crippen molar-refractivity contribution in [2.45, 2.75) is 6.92 Å². The SMILES string of the molecule is Br.CCO.CN. The number of hydrogen-bond donors (Lipinski definition) is 2. The molecular weight excluding hydrogens is 146 g/mol. The molecule has 0 unspecified atom stereocenters. The predicted molar refractivity (Wildman–Crippen MR) is 33.2 cm³/mol. The van der Waals surface area contributed by atoms with Gasteiger partial charge in [-0.2, -0.15) is 0 Å². The molecule has 42 valence electrons. The van der Waals surface area contributed by atoms with Crippen molar-refractivity contribution >= 4 is 17.0 Å². The van der Waals surface area contributed by atoms with Crippen molar-refractivity contribution in [1.29, 1.82) is 0 Å². The van der Waals surface area contributed by atoms with Crippen molar-refractivity contribution in [2.24, 2.45) is 5.73 Å². The van der Waals surface area contributed by atoms with Gasteiger partial charge in [-0.05, 0) is 14.0 Å². The predicted octanol–water partition coefficient (Wildman–Crippen LogP) is 0.151. The summed E-state index contributed by atoms with van der Waals surface area (Å²) >= 11 is 0. The molecule has 6 heavy (non-hydrogen) atoms. The largest absolute Gasteiger partial charge is 0.397 e. The van der Waals surface area contributed by atoms with Crippen molar-refractivity contribution in [3.8, 4) is 0 Å². The third-order valence-corrected chi connectivity index (χ3v) is 0. The number of aliphatic hydroxyl groups excluding tert-OH is 1. The minimum Gasteiger partial charge on any atom is -0.397 e. The van der Waals surface area contributed by atoms with Crippen molar-refractivity contribution in [3.05, 3.63) is 0 Å². The van der Waals surface area contributed by atoms with E-state index in [0.29, 0.717) is 0 Å². The topological polar surface area (TPSA) is 46.2 Å². The Labute approximate surface area is 49.1 Å². The van der Waals surface area contributed by atoms with Crippen LogP contribution in [0.3, 0.4) is 0 Å². The highest BCUT2D eigenvalue weighted by Crippen LogP contribution is 1.30. The van der Waals surface area contributed by atoms with Crippen molar-refractivity contribution in [3.63, 3.8) is 0 Å². The standard InChI is InChI=1S/C2H6O.CH5N.BrH/c1-2-3;1-2;/h3H,2H2,1H3;2H2,1H3;1H. The summed E-state index contributed by atoms with van der Waals surface area (Å²) in [7, 11) is 1.50. The minimum absolute atomic E-state index is 0. The van der Waals surface area contributed by atoms with Crippen molar-refractivity contribution in [1.82, 2.24) is 0 Å². The molecule has 0 spiro atoms. The fourth-order valence-corrected chi connectivity index (χ4v) is 0. The minimum atomic E-state index is 0. The van der Waals surface area contributed by atoms with Crippen LogP contribution in [0.2, 0.25) is 0 Å². The highest BCUT2D eigenvalue weighted by atomic mass is 79.9. The summed E-state index contributed by atoms with van der Waals surface area (Å²) in [5.41, 5.74) is 4.50. The van der Waals surface area contributed by atoms with E-state index < -0.39 is 0 Å². The first-order chi connectivity index (χ1) is 2.41. The highest BCUT2D eigenvalue weighted by molar-refractivity contribution is 8.93. The van der Waals surface area contributed by atoms with Crippen LogP contribution in [0.1, 0.15) is 6.92 Å². The summed E-state index contributed by atoms with van der Waals surface area (Å²) in [5.74, 6) is 0. The molecule has 3 N–H and O–H groups in total. The molecule has 0 aliphatic heterocycles. The van der Waals surface area contributed by atoms with E-state index in [1.54, 1.807) is 6.92 Å². The lowest BCUT2D eigenvalue weighted by Gasteiger charge is -1.52. The van der Waals surface area contributed by atoms with Gasteiger partial charge in [0.1, 0.15) is 0 Å². The average Bonchev–Trinajstić information content (AvgIpc) is 1.46. The summed E-state index contributed by atoms with van der Waals surface area (Å²) in [4.78, 5) is 0. The Hall–Kier alpha value is 0.400. The second-order valence-corrected chi connectivity index (χ2v) is 0.316. The van der Waals surface area contributed by atoms with E-state index in [1.165, 1.54) is 7.05 Å². The van der Waals surface area contributed by atoms with Gasteiger partial charge in [-0.25, -0.2) is 0 Å². The molecule has 0 amide bonds. The third kappa shape index (κ3) is 318. The maximum atomic E-state index is 7.57. The van der Waals surface area contributed by atoms with Crippen LogP contribution in [0, 0.1) is 0 Å². The molecule has 0 aromatic carbocycles. The quantitative estimate of drug-likeness (QED) is 0.527. The van der Waals surface area contributed by atoms with Crippen LogP contribution in [0.5, 0.6) is 0 Å². The molecule has 0 aromatic rings. The molecule has 0 bridgehead atoms. The summed E-state index contributed by atoms with van der Waals surface area (Å²) in [6, 6.07) is 0. The number of rotatable bonds is 0. The van der Waals surface area contributed by atoms with Crippen LogP contribution < -0.4 is 5.73 Å². The molecular formula is C3H12BrNO. The van der Waals surface area contributed by atoms with Crippen molar-refractivity contribution in [2.75, 3.05) is 13.7 Å². The van der Waals surface area contributed by atoms with Gasteiger partial charge in [0.15, 0.2) is 0 Å². The van der Waals surface area contributed by atoms with Crippen LogP contribution in [0.25, 0.3) is 0 Å². The molecule has 0 saturated heterocycles. The third-order valence-electron chi connectivity index (χ3n) is 0. The Morgan fingerprint density at radius 1 is 1.50 bits per heavy atom. The Balaban J connectivity index is -0.0000000275. The maximum Gasteiger partial charge on any atom is 0.0402 e. The molecule has 0 saturated carbocycles. The molecule has 0 radical (unpaired) electrons. The molecule has 0 rings (SSSR count). The van der Waals surface area contributed by atoms with Crippen LogP contribution >= 0.6 is 17.0 Å². The lowest BCUT2D eigenvalue weighted by molar-refractivity contribution is 0.318. The summed E-state index contributed by atoms with van der Waals surface area (Å²) < 4.78 is 0. The van der Waals surface area contributed by atoms with Crippen LogP contribution in [0.15, 0.2) is 0 Å².